The Balaban J connectivity index is 1.97. The lowest BCUT2D eigenvalue weighted by molar-refractivity contribution is -0.121. The number of aromatic carboxylic acids is 1. The van der Waals surface area contributed by atoms with Gasteiger partial charge in [-0.2, -0.15) is 0 Å². The highest BCUT2D eigenvalue weighted by atomic mass is 16.5. The fourth-order valence-electron chi connectivity index (χ4n) is 2.72. The van der Waals surface area contributed by atoms with Crippen LogP contribution in [0.5, 0.6) is 5.75 Å². The molecule has 0 saturated carbocycles. The van der Waals surface area contributed by atoms with Crippen molar-refractivity contribution in [2.24, 2.45) is 0 Å². The van der Waals surface area contributed by atoms with Crippen LogP contribution in [0.4, 0.5) is 0 Å². The Hall–Kier alpha value is -2.82. The number of hydrogen-bond donors (Lipinski definition) is 2. The molecule has 0 saturated heterocycles. The summed E-state index contributed by atoms with van der Waals surface area (Å²) in [6, 6.07) is 14.3. The first-order chi connectivity index (χ1) is 12.0. The smallest absolute Gasteiger partial charge is 0.335 e. The minimum Gasteiger partial charge on any atom is -0.497 e. The Bertz CT molecular complexity index is 725. The van der Waals surface area contributed by atoms with E-state index in [2.05, 4.69) is 5.32 Å². The number of ether oxygens (including phenoxy) is 1. The van der Waals surface area contributed by atoms with Crippen LogP contribution < -0.4 is 10.1 Å². The SMILES string of the molecule is CCC(NC(=O)CCc1ccccc1C(=O)O)c1ccc(OC)cc1. The molecule has 0 aliphatic carbocycles. The minimum atomic E-state index is -0.972. The molecule has 0 bridgehead atoms. The Morgan fingerprint density at radius 3 is 2.40 bits per heavy atom. The van der Waals surface area contributed by atoms with Gasteiger partial charge in [-0.3, -0.25) is 4.79 Å². The Morgan fingerprint density at radius 2 is 1.80 bits per heavy atom. The van der Waals surface area contributed by atoms with Gasteiger partial charge in [-0.25, -0.2) is 4.79 Å². The van der Waals surface area contributed by atoms with Crippen molar-refractivity contribution in [2.45, 2.75) is 32.2 Å². The van der Waals surface area contributed by atoms with E-state index in [1.165, 1.54) is 0 Å². The molecule has 5 nitrogen and oxygen atoms in total. The number of carboxylic acids is 1. The number of benzene rings is 2. The average Bonchev–Trinajstić information content (AvgIpc) is 2.64. The summed E-state index contributed by atoms with van der Waals surface area (Å²) in [5.74, 6) is -0.293. The molecule has 0 aliphatic rings. The maximum atomic E-state index is 12.3. The van der Waals surface area contributed by atoms with Crippen LogP contribution in [0.25, 0.3) is 0 Å². The van der Waals surface area contributed by atoms with Crippen LogP contribution in [-0.4, -0.2) is 24.1 Å². The van der Waals surface area contributed by atoms with E-state index in [-0.39, 0.29) is 23.9 Å². The summed E-state index contributed by atoms with van der Waals surface area (Å²) < 4.78 is 5.15. The third-order valence-electron chi connectivity index (χ3n) is 4.13. The predicted octanol–water partition coefficient (Wildman–Crippen LogP) is 3.59. The van der Waals surface area contributed by atoms with Crippen LogP contribution >= 0.6 is 0 Å². The van der Waals surface area contributed by atoms with Crippen molar-refractivity contribution in [1.29, 1.82) is 0 Å². The van der Waals surface area contributed by atoms with Crippen molar-refractivity contribution < 1.29 is 19.4 Å². The quantitative estimate of drug-likeness (QED) is 0.769. The molecule has 1 amide bonds. The second-order valence-electron chi connectivity index (χ2n) is 5.76. The maximum absolute atomic E-state index is 12.3. The number of amides is 1. The molecule has 1 unspecified atom stereocenters. The van der Waals surface area contributed by atoms with Crippen LogP contribution in [-0.2, 0) is 11.2 Å². The molecule has 0 radical (unpaired) electrons. The van der Waals surface area contributed by atoms with Crippen LogP contribution in [0.2, 0.25) is 0 Å². The van der Waals surface area contributed by atoms with Gasteiger partial charge >= 0.3 is 5.97 Å². The van der Waals surface area contributed by atoms with Crippen LogP contribution in [0.1, 0.15) is 47.3 Å². The lowest BCUT2D eigenvalue weighted by atomic mass is 10.0. The number of aryl methyl sites for hydroxylation is 1. The standard InChI is InChI=1S/C20H23NO4/c1-3-18(15-8-11-16(25-2)12-9-15)21-19(22)13-10-14-6-4-5-7-17(14)20(23)24/h4-9,11-12,18H,3,10,13H2,1-2H3,(H,21,22)(H,23,24). The third-order valence-corrected chi connectivity index (χ3v) is 4.13. The summed E-state index contributed by atoms with van der Waals surface area (Å²) >= 11 is 0. The van der Waals surface area contributed by atoms with Crippen LogP contribution in [0.3, 0.4) is 0 Å². The minimum absolute atomic E-state index is 0.0758. The lowest BCUT2D eigenvalue weighted by Crippen LogP contribution is -2.28. The summed E-state index contributed by atoms with van der Waals surface area (Å²) in [6.07, 6.45) is 1.41. The van der Waals surface area contributed by atoms with E-state index < -0.39 is 5.97 Å². The fraction of sp³-hybridized carbons (Fsp3) is 0.300. The van der Waals surface area contributed by atoms with E-state index in [1.54, 1.807) is 31.4 Å². The highest BCUT2D eigenvalue weighted by molar-refractivity contribution is 5.89. The summed E-state index contributed by atoms with van der Waals surface area (Å²) in [4.78, 5) is 23.5. The van der Waals surface area contributed by atoms with E-state index in [4.69, 9.17) is 4.74 Å². The molecule has 1 atom stereocenters. The number of carboxylic acid groups (broad SMARTS) is 1. The van der Waals surface area contributed by atoms with Gasteiger partial charge in [0.1, 0.15) is 5.75 Å². The zero-order valence-electron chi connectivity index (χ0n) is 14.5. The van der Waals surface area contributed by atoms with Gasteiger partial charge in [0, 0.05) is 6.42 Å². The summed E-state index contributed by atoms with van der Waals surface area (Å²) in [5.41, 5.74) is 1.93. The average molecular weight is 341 g/mol. The van der Waals surface area contributed by atoms with Crippen molar-refractivity contribution in [3.05, 3.63) is 65.2 Å². The van der Waals surface area contributed by atoms with Crippen LogP contribution in [0, 0.1) is 0 Å². The molecule has 0 fully saturated rings. The highest BCUT2D eigenvalue weighted by Crippen LogP contribution is 2.20. The number of carbonyl (C=O) groups is 2. The van der Waals surface area contributed by atoms with Crippen molar-refractivity contribution in [1.82, 2.24) is 5.32 Å². The second-order valence-corrected chi connectivity index (χ2v) is 5.76. The van der Waals surface area contributed by atoms with Crippen molar-refractivity contribution in [3.8, 4) is 5.75 Å². The number of nitrogens with one attached hydrogen (secondary N) is 1. The molecule has 2 N–H and O–H groups in total. The van der Waals surface area contributed by atoms with Crippen molar-refractivity contribution >= 4 is 11.9 Å². The van der Waals surface area contributed by atoms with E-state index >= 15 is 0 Å². The summed E-state index contributed by atoms with van der Waals surface area (Å²) in [7, 11) is 1.61. The van der Waals surface area contributed by atoms with Gasteiger partial charge in [0.05, 0.1) is 18.7 Å². The van der Waals surface area contributed by atoms with E-state index in [0.29, 0.717) is 12.0 Å². The van der Waals surface area contributed by atoms with E-state index in [9.17, 15) is 14.7 Å². The molecular formula is C20H23NO4. The predicted molar refractivity (Wildman–Crippen MR) is 95.9 cm³/mol. The second kappa shape index (κ2) is 8.87. The molecule has 25 heavy (non-hydrogen) atoms. The largest absolute Gasteiger partial charge is 0.497 e. The molecule has 0 aromatic heterocycles. The monoisotopic (exact) mass is 341 g/mol. The summed E-state index contributed by atoms with van der Waals surface area (Å²) in [6.45, 7) is 2.01. The first-order valence-electron chi connectivity index (χ1n) is 8.29. The molecule has 2 aromatic carbocycles. The number of methoxy groups -OCH3 is 1. The highest BCUT2D eigenvalue weighted by Gasteiger charge is 2.14. The molecule has 0 heterocycles. The zero-order chi connectivity index (χ0) is 18.2. The number of carbonyl (C=O) groups excluding carboxylic acids is 1. The molecule has 2 rings (SSSR count). The molecule has 5 heteroatoms. The lowest BCUT2D eigenvalue weighted by Gasteiger charge is -2.18. The van der Waals surface area contributed by atoms with Crippen molar-refractivity contribution in [3.63, 3.8) is 0 Å². The molecule has 0 spiro atoms. The zero-order valence-corrected chi connectivity index (χ0v) is 14.5. The third kappa shape index (κ3) is 5.08. The van der Waals surface area contributed by atoms with Gasteiger partial charge in [-0.15, -0.1) is 0 Å². The fourth-order valence-corrected chi connectivity index (χ4v) is 2.72. The molecule has 132 valence electrons. The Kier molecular flexibility index (Phi) is 6.57. The first kappa shape index (κ1) is 18.5. The molecule has 0 aliphatic heterocycles. The van der Waals surface area contributed by atoms with Gasteiger partial charge < -0.3 is 15.2 Å². The van der Waals surface area contributed by atoms with Gasteiger partial charge in [0.2, 0.25) is 5.91 Å². The maximum Gasteiger partial charge on any atom is 0.335 e. The number of rotatable bonds is 8. The first-order valence-corrected chi connectivity index (χ1v) is 8.29. The topological polar surface area (TPSA) is 75.6 Å². The van der Waals surface area contributed by atoms with Gasteiger partial charge in [-0.1, -0.05) is 37.3 Å². The summed E-state index contributed by atoms with van der Waals surface area (Å²) in [5, 5.41) is 12.2. The Morgan fingerprint density at radius 1 is 1.12 bits per heavy atom. The van der Waals surface area contributed by atoms with E-state index in [1.807, 2.05) is 31.2 Å². The van der Waals surface area contributed by atoms with Gasteiger partial charge in [0.25, 0.3) is 0 Å². The molecular weight excluding hydrogens is 318 g/mol. The van der Waals surface area contributed by atoms with Gasteiger partial charge in [0.15, 0.2) is 0 Å². The van der Waals surface area contributed by atoms with E-state index in [0.717, 1.165) is 17.7 Å². The Labute approximate surface area is 147 Å². The van der Waals surface area contributed by atoms with Gasteiger partial charge in [-0.05, 0) is 42.2 Å². The normalized spacial score (nSPS) is 11.6. The molecule has 2 aromatic rings. The van der Waals surface area contributed by atoms with Crippen molar-refractivity contribution in [2.75, 3.05) is 7.11 Å². The number of hydrogen-bond acceptors (Lipinski definition) is 3. The van der Waals surface area contributed by atoms with Crippen LogP contribution in [0.15, 0.2) is 48.5 Å².